The number of aromatic nitrogens is 2. The van der Waals surface area contributed by atoms with E-state index in [9.17, 15) is 0 Å². The van der Waals surface area contributed by atoms with E-state index >= 15 is 0 Å². The average molecular weight is 187 g/mol. The first kappa shape index (κ1) is 8.00. The van der Waals surface area contributed by atoms with Gasteiger partial charge in [-0.1, -0.05) is 18.2 Å². The zero-order valence-electron chi connectivity index (χ0n) is 8.20. The molecule has 3 nitrogen and oxygen atoms in total. The van der Waals surface area contributed by atoms with Gasteiger partial charge in [-0.15, -0.1) is 0 Å². The second kappa shape index (κ2) is 2.82. The fraction of sp³-hybridized carbons (Fsp3) is 0.364. The van der Waals surface area contributed by atoms with Crippen molar-refractivity contribution in [3.05, 3.63) is 30.0 Å². The Hall–Kier alpha value is -1.35. The van der Waals surface area contributed by atoms with Crippen LogP contribution < -0.4 is 5.32 Å². The molecule has 0 atom stereocenters. The number of hydrogen-bond donors (Lipinski definition) is 1. The first-order chi connectivity index (χ1) is 6.86. The normalized spacial score (nSPS) is 17.2. The summed E-state index contributed by atoms with van der Waals surface area (Å²) in [6.45, 7) is 4.17. The van der Waals surface area contributed by atoms with Crippen LogP contribution in [0.4, 0.5) is 0 Å². The molecular formula is C11H13N3. The van der Waals surface area contributed by atoms with Crippen LogP contribution in [0.5, 0.6) is 0 Å². The van der Waals surface area contributed by atoms with Gasteiger partial charge in [-0.3, -0.25) is 4.68 Å². The fourth-order valence-electron chi connectivity index (χ4n) is 1.97. The molecule has 14 heavy (non-hydrogen) atoms. The van der Waals surface area contributed by atoms with Gasteiger partial charge >= 0.3 is 0 Å². The Bertz CT molecular complexity index is 468. The molecule has 2 aromatic rings. The minimum atomic E-state index is 0.550. The molecule has 0 spiro atoms. The summed E-state index contributed by atoms with van der Waals surface area (Å²) in [4.78, 5) is 0. The zero-order valence-corrected chi connectivity index (χ0v) is 8.20. The third kappa shape index (κ3) is 0.990. The third-order valence-electron chi connectivity index (χ3n) is 2.90. The van der Waals surface area contributed by atoms with Crippen LogP contribution in [0.2, 0.25) is 0 Å². The molecule has 0 bridgehead atoms. The Morgan fingerprint density at radius 3 is 2.86 bits per heavy atom. The minimum Gasteiger partial charge on any atom is -0.312 e. The molecule has 0 radical (unpaired) electrons. The largest absolute Gasteiger partial charge is 0.312 e. The SMILES string of the molecule is Cc1nn(C2CNC2)c2ccccc12. The van der Waals surface area contributed by atoms with Crippen LogP contribution in [0, 0.1) is 6.92 Å². The van der Waals surface area contributed by atoms with Crippen LogP contribution in [-0.4, -0.2) is 22.9 Å². The second-order valence-corrected chi connectivity index (χ2v) is 3.86. The lowest BCUT2D eigenvalue weighted by Gasteiger charge is -2.27. The molecule has 1 N–H and O–H groups in total. The summed E-state index contributed by atoms with van der Waals surface area (Å²) in [6.07, 6.45) is 0. The van der Waals surface area contributed by atoms with Gasteiger partial charge in [0.15, 0.2) is 0 Å². The molecule has 0 unspecified atom stereocenters. The maximum Gasteiger partial charge on any atom is 0.0775 e. The number of hydrogen-bond acceptors (Lipinski definition) is 2. The van der Waals surface area contributed by atoms with E-state index in [4.69, 9.17) is 0 Å². The highest BCUT2D eigenvalue weighted by Crippen LogP contribution is 2.22. The van der Waals surface area contributed by atoms with Crippen molar-refractivity contribution in [3.63, 3.8) is 0 Å². The smallest absolute Gasteiger partial charge is 0.0775 e. The van der Waals surface area contributed by atoms with E-state index in [1.54, 1.807) is 0 Å². The third-order valence-corrected chi connectivity index (χ3v) is 2.90. The molecule has 1 fully saturated rings. The van der Waals surface area contributed by atoms with Crippen LogP contribution in [0.1, 0.15) is 11.7 Å². The highest BCUT2D eigenvalue weighted by molar-refractivity contribution is 5.81. The van der Waals surface area contributed by atoms with Gasteiger partial charge in [0.25, 0.3) is 0 Å². The van der Waals surface area contributed by atoms with E-state index < -0.39 is 0 Å². The Kier molecular flexibility index (Phi) is 1.61. The number of nitrogens with one attached hydrogen (secondary N) is 1. The molecular weight excluding hydrogens is 174 g/mol. The van der Waals surface area contributed by atoms with Gasteiger partial charge in [-0.05, 0) is 13.0 Å². The van der Waals surface area contributed by atoms with Crippen molar-refractivity contribution in [2.24, 2.45) is 0 Å². The van der Waals surface area contributed by atoms with Crippen molar-refractivity contribution in [2.45, 2.75) is 13.0 Å². The summed E-state index contributed by atoms with van der Waals surface area (Å²) in [7, 11) is 0. The van der Waals surface area contributed by atoms with E-state index in [0.717, 1.165) is 18.8 Å². The topological polar surface area (TPSA) is 29.9 Å². The lowest BCUT2D eigenvalue weighted by molar-refractivity contribution is 0.325. The quantitative estimate of drug-likeness (QED) is 0.733. The standard InChI is InChI=1S/C11H13N3/c1-8-10-4-2-3-5-11(10)14(13-8)9-6-12-7-9/h2-5,9,12H,6-7H2,1H3. The van der Waals surface area contributed by atoms with Crippen LogP contribution >= 0.6 is 0 Å². The number of rotatable bonds is 1. The van der Waals surface area contributed by atoms with E-state index in [1.807, 2.05) is 0 Å². The van der Waals surface area contributed by atoms with Crippen LogP contribution in [0.15, 0.2) is 24.3 Å². The molecule has 1 aliphatic heterocycles. The molecule has 3 heteroatoms. The summed E-state index contributed by atoms with van der Waals surface area (Å²) >= 11 is 0. The summed E-state index contributed by atoms with van der Waals surface area (Å²) < 4.78 is 2.15. The lowest BCUT2D eigenvalue weighted by Crippen LogP contribution is -2.43. The van der Waals surface area contributed by atoms with Gasteiger partial charge in [0.2, 0.25) is 0 Å². The highest BCUT2D eigenvalue weighted by Gasteiger charge is 2.21. The van der Waals surface area contributed by atoms with Crippen LogP contribution in [-0.2, 0) is 0 Å². The summed E-state index contributed by atoms with van der Waals surface area (Å²) in [5, 5.41) is 9.14. The van der Waals surface area contributed by atoms with Gasteiger partial charge < -0.3 is 5.32 Å². The number of benzene rings is 1. The van der Waals surface area contributed by atoms with Crippen LogP contribution in [0.3, 0.4) is 0 Å². The summed E-state index contributed by atoms with van der Waals surface area (Å²) in [6, 6.07) is 8.98. The molecule has 2 heterocycles. The number of nitrogens with zero attached hydrogens (tertiary/aromatic N) is 2. The minimum absolute atomic E-state index is 0.550. The maximum atomic E-state index is 4.59. The Balaban J connectivity index is 2.23. The van der Waals surface area contributed by atoms with Gasteiger partial charge in [0, 0.05) is 18.5 Å². The average Bonchev–Trinajstić information content (AvgIpc) is 2.43. The summed E-state index contributed by atoms with van der Waals surface area (Å²) in [5.74, 6) is 0. The van der Waals surface area contributed by atoms with Gasteiger partial charge in [0.1, 0.15) is 0 Å². The van der Waals surface area contributed by atoms with E-state index in [0.29, 0.717) is 6.04 Å². The number of aryl methyl sites for hydroxylation is 1. The van der Waals surface area contributed by atoms with Gasteiger partial charge in [-0.25, -0.2) is 0 Å². The Morgan fingerprint density at radius 2 is 2.14 bits per heavy atom. The number of fused-ring (bicyclic) bond motifs is 1. The highest BCUT2D eigenvalue weighted by atomic mass is 15.3. The molecule has 1 aliphatic rings. The van der Waals surface area contributed by atoms with Crippen molar-refractivity contribution in [1.29, 1.82) is 0 Å². The van der Waals surface area contributed by atoms with Crippen LogP contribution in [0.25, 0.3) is 10.9 Å². The second-order valence-electron chi connectivity index (χ2n) is 3.86. The summed E-state index contributed by atoms with van der Waals surface area (Å²) in [5.41, 5.74) is 2.39. The molecule has 0 amide bonds. The molecule has 1 aromatic heterocycles. The van der Waals surface area contributed by atoms with Crippen molar-refractivity contribution in [3.8, 4) is 0 Å². The molecule has 1 aromatic carbocycles. The van der Waals surface area contributed by atoms with Crippen molar-refractivity contribution >= 4 is 10.9 Å². The Labute approximate surface area is 82.7 Å². The molecule has 72 valence electrons. The predicted octanol–water partition coefficient (Wildman–Crippen LogP) is 1.49. The molecule has 0 aliphatic carbocycles. The first-order valence-electron chi connectivity index (χ1n) is 5.01. The van der Waals surface area contributed by atoms with Crippen molar-refractivity contribution < 1.29 is 0 Å². The lowest BCUT2D eigenvalue weighted by atomic mass is 10.1. The van der Waals surface area contributed by atoms with Gasteiger partial charge in [0.05, 0.1) is 17.3 Å². The maximum absolute atomic E-state index is 4.59. The van der Waals surface area contributed by atoms with E-state index in [2.05, 4.69) is 46.3 Å². The fourth-order valence-corrected chi connectivity index (χ4v) is 1.97. The van der Waals surface area contributed by atoms with Crippen molar-refractivity contribution in [1.82, 2.24) is 15.1 Å². The molecule has 3 rings (SSSR count). The molecule has 0 saturated carbocycles. The molecule has 1 saturated heterocycles. The van der Waals surface area contributed by atoms with E-state index in [1.165, 1.54) is 10.9 Å². The number of para-hydroxylation sites is 1. The van der Waals surface area contributed by atoms with Gasteiger partial charge in [-0.2, -0.15) is 5.10 Å². The monoisotopic (exact) mass is 187 g/mol. The Morgan fingerprint density at radius 1 is 1.36 bits per heavy atom. The zero-order chi connectivity index (χ0) is 9.54. The first-order valence-corrected chi connectivity index (χ1v) is 5.01. The van der Waals surface area contributed by atoms with Crippen molar-refractivity contribution in [2.75, 3.05) is 13.1 Å². The predicted molar refractivity (Wildman–Crippen MR) is 56.4 cm³/mol. The van der Waals surface area contributed by atoms with E-state index in [-0.39, 0.29) is 0 Å².